The molecule has 2 aromatic carbocycles. The molecule has 5 nitrogen and oxygen atoms in total. The molecule has 0 amide bonds. The van der Waals surface area contributed by atoms with Crippen molar-refractivity contribution in [2.45, 2.75) is 0 Å². The number of ether oxygens (including phenoxy) is 1. The Hall–Kier alpha value is -2.79. The molecule has 3 aromatic rings. The van der Waals surface area contributed by atoms with Gasteiger partial charge < -0.3 is 9.15 Å². The molecule has 5 heteroatoms. The summed E-state index contributed by atoms with van der Waals surface area (Å²) in [6, 6.07) is 15.9. The zero-order valence-electron chi connectivity index (χ0n) is 11.4. The van der Waals surface area contributed by atoms with Gasteiger partial charge in [0.25, 0.3) is 0 Å². The third kappa shape index (κ3) is 2.46. The number of hydrogen-bond acceptors (Lipinski definition) is 4. The molecular weight excluding hydrogens is 268 g/mol. The van der Waals surface area contributed by atoms with Gasteiger partial charge in [0.15, 0.2) is 11.6 Å². The van der Waals surface area contributed by atoms with E-state index in [1.54, 1.807) is 49.6 Å². The number of nitrogens with one attached hydrogen (secondary N) is 1. The molecule has 0 atom stereocenters. The van der Waals surface area contributed by atoms with Gasteiger partial charge >= 0.3 is 0 Å². The summed E-state index contributed by atoms with van der Waals surface area (Å²) in [6.07, 6.45) is 0. The first kappa shape index (κ1) is 13.2. The summed E-state index contributed by atoms with van der Waals surface area (Å²) in [5.74, 6) is 0.867. The number of para-hydroxylation sites is 1. The van der Waals surface area contributed by atoms with Gasteiger partial charge in [0.1, 0.15) is 11.3 Å². The molecule has 0 radical (unpaired) electrons. The molecule has 106 valence electrons. The lowest BCUT2D eigenvalue weighted by Gasteiger charge is -2.15. The Morgan fingerprint density at radius 2 is 1.90 bits per heavy atom. The van der Waals surface area contributed by atoms with Crippen molar-refractivity contribution in [1.29, 1.82) is 5.41 Å². The molecule has 1 aromatic heterocycles. The maximum Gasteiger partial charge on any atom is 0.193 e. The van der Waals surface area contributed by atoms with Crippen molar-refractivity contribution in [1.82, 2.24) is 0 Å². The van der Waals surface area contributed by atoms with E-state index in [1.165, 1.54) is 0 Å². The second-order valence-electron chi connectivity index (χ2n) is 4.51. The highest BCUT2D eigenvalue weighted by Gasteiger charge is 2.16. The van der Waals surface area contributed by atoms with E-state index in [-0.39, 0.29) is 11.6 Å². The SMILES string of the molecule is COc1ccc2oc(C(=N)N(O)c3ccccc3)cc2c1. The van der Waals surface area contributed by atoms with E-state index in [9.17, 15) is 5.21 Å². The Labute approximate surface area is 121 Å². The van der Waals surface area contributed by atoms with E-state index >= 15 is 0 Å². The van der Waals surface area contributed by atoms with Crippen molar-refractivity contribution in [3.05, 3.63) is 60.4 Å². The maximum absolute atomic E-state index is 10.1. The fourth-order valence-electron chi connectivity index (χ4n) is 2.07. The largest absolute Gasteiger partial charge is 0.497 e. The number of benzene rings is 2. The third-order valence-electron chi connectivity index (χ3n) is 3.17. The monoisotopic (exact) mass is 282 g/mol. The Bertz CT molecular complexity index is 781. The summed E-state index contributed by atoms with van der Waals surface area (Å²) in [5, 5.41) is 19.7. The van der Waals surface area contributed by atoms with Crippen LogP contribution in [-0.4, -0.2) is 18.2 Å². The fourth-order valence-corrected chi connectivity index (χ4v) is 2.07. The summed E-state index contributed by atoms with van der Waals surface area (Å²) in [7, 11) is 1.59. The number of methoxy groups -OCH3 is 1. The average Bonchev–Trinajstić information content (AvgIpc) is 2.97. The highest BCUT2D eigenvalue weighted by Crippen LogP contribution is 2.25. The third-order valence-corrected chi connectivity index (χ3v) is 3.17. The lowest BCUT2D eigenvalue weighted by atomic mass is 10.2. The second kappa shape index (κ2) is 5.30. The molecule has 3 rings (SSSR count). The minimum absolute atomic E-state index is 0.128. The Morgan fingerprint density at radius 1 is 1.14 bits per heavy atom. The van der Waals surface area contributed by atoms with Crippen LogP contribution in [0.25, 0.3) is 11.0 Å². The van der Waals surface area contributed by atoms with E-state index in [1.807, 2.05) is 12.1 Å². The maximum atomic E-state index is 10.1. The fraction of sp³-hybridized carbons (Fsp3) is 0.0625. The van der Waals surface area contributed by atoms with Crippen LogP contribution in [-0.2, 0) is 0 Å². The summed E-state index contributed by atoms with van der Waals surface area (Å²) < 4.78 is 10.7. The van der Waals surface area contributed by atoms with Gasteiger partial charge in [-0.05, 0) is 36.4 Å². The second-order valence-corrected chi connectivity index (χ2v) is 4.51. The number of nitrogens with zero attached hydrogens (tertiary/aromatic N) is 1. The highest BCUT2D eigenvalue weighted by molar-refractivity contribution is 6.06. The van der Waals surface area contributed by atoms with Crippen molar-refractivity contribution in [2.24, 2.45) is 0 Å². The molecule has 21 heavy (non-hydrogen) atoms. The molecule has 0 aliphatic rings. The predicted octanol–water partition coefficient (Wildman–Crippen LogP) is 3.66. The smallest absolute Gasteiger partial charge is 0.193 e. The van der Waals surface area contributed by atoms with Gasteiger partial charge in [-0.2, -0.15) is 0 Å². The van der Waals surface area contributed by atoms with Gasteiger partial charge in [-0.1, -0.05) is 18.2 Å². The number of hydrogen-bond donors (Lipinski definition) is 2. The minimum Gasteiger partial charge on any atom is -0.497 e. The van der Waals surface area contributed by atoms with Crippen LogP contribution in [0.15, 0.2) is 59.0 Å². The molecule has 0 bridgehead atoms. The summed E-state index contributed by atoms with van der Waals surface area (Å²) in [5.41, 5.74) is 1.14. The summed E-state index contributed by atoms with van der Waals surface area (Å²) in [4.78, 5) is 0. The van der Waals surface area contributed by atoms with E-state index in [4.69, 9.17) is 14.6 Å². The Kier molecular flexibility index (Phi) is 3.33. The van der Waals surface area contributed by atoms with Crippen LogP contribution in [0.2, 0.25) is 0 Å². The van der Waals surface area contributed by atoms with Crippen molar-refractivity contribution in [3.8, 4) is 5.75 Å². The number of fused-ring (bicyclic) bond motifs is 1. The van der Waals surface area contributed by atoms with Gasteiger partial charge in [-0.15, -0.1) is 0 Å². The van der Waals surface area contributed by atoms with Crippen molar-refractivity contribution < 1.29 is 14.4 Å². The molecule has 0 saturated heterocycles. The first-order valence-corrected chi connectivity index (χ1v) is 6.39. The van der Waals surface area contributed by atoms with Gasteiger partial charge in [-0.25, -0.2) is 5.06 Å². The Morgan fingerprint density at radius 3 is 2.62 bits per heavy atom. The van der Waals surface area contributed by atoms with Gasteiger partial charge in [0.05, 0.1) is 12.8 Å². The van der Waals surface area contributed by atoms with E-state index in [0.29, 0.717) is 17.0 Å². The topological polar surface area (TPSA) is 69.7 Å². The molecule has 1 heterocycles. The molecule has 0 unspecified atom stereocenters. The number of furan rings is 1. The van der Waals surface area contributed by atoms with Crippen LogP contribution in [0.1, 0.15) is 5.76 Å². The van der Waals surface area contributed by atoms with Crippen molar-refractivity contribution in [3.63, 3.8) is 0 Å². The number of hydroxylamine groups is 1. The van der Waals surface area contributed by atoms with E-state index < -0.39 is 0 Å². The Balaban J connectivity index is 1.94. The quantitative estimate of drug-likeness (QED) is 0.437. The summed E-state index contributed by atoms with van der Waals surface area (Å²) >= 11 is 0. The molecular formula is C16H14N2O3. The molecule has 2 N–H and O–H groups in total. The van der Waals surface area contributed by atoms with E-state index in [2.05, 4.69) is 0 Å². The molecule has 0 aliphatic carbocycles. The van der Waals surface area contributed by atoms with Crippen LogP contribution in [0.3, 0.4) is 0 Å². The summed E-state index contributed by atoms with van der Waals surface area (Å²) in [6.45, 7) is 0. The van der Waals surface area contributed by atoms with Crippen LogP contribution < -0.4 is 9.80 Å². The zero-order chi connectivity index (χ0) is 14.8. The molecule has 0 saturated carbocycles. The first-order chi connectivity index (χ1) is 10.2. The highest BCUT2D eigenvalue weighted by atomic mass is 16.5. The lowest BCUT2D eigenvalue weighted by molar-refractivity contribution is 0.309. The van der Waals surface area contributed by atoms with Crippen LogP contribution >= 0.6 is 0 Å². The number of rotatable bonds is 3. The minimum atomic E-state index is -0.128. The van der Waals surface area contributed by atoms with Gasteiger partial charge in [-0.3, -0.25) is 10.6 Å². The van der Waals surface area contributed by atoms with Crippen LogP contribution in [0.4, 0.5) is 5.69 Å². The standard InChI is InChI=1S/C16H14N2O3/c1-20-13-7-8-14-11(9-13)10-15(21-14)16(17)18(19)12-5-3-2-4-6-12/h2-10,17,19H,1H3. The van der Waals surface area contributed by atoms with Crippen molar-refractivity contribution in [2.75, 3.05) is 12.2 Å². The van der Waals surface area contributed by atoms with Crippen LogP contribution in [0, 0.1) is 5.41 Å². The van der Waals surface area contributed by atoms with Gasteiger partial charge in [0, 0.05) is 5.39 Å². The van der Waals surface area contributed by atoms with E-state index in [0.717, 1.165) is 10.4 Å². The molecule has 0 fully saturated rings. The normalized spacial score (nSPS) is 10.6. The lowest BCUT2D eigenvalue weighted by Crippen LogP contribution is -2.26. The first-order valence-electron chi connectivity index (χ1n) is 6.39. The van der Waals surface area contributed by atoms with Crippen molar-refractivity contribution >= 4 is 22.5 Å². The predicted molar refractivity (Wildman–Crippen MR) is 80.3 cm³/mol. The number of anilines is 1. The average molecular weight is 282 g/mol. The molecule has 0 spiro atoms. The van der Waals surface area contributed by atoms with Crippen LogP contribution in [0.5, 0.6) is 5.75 Å². The number of amidine groups is 1. The zero-order valence-corrected chi connectivity index (χ0v) is 11.4. The van der Waals surface area contributed by atoms with Gasteiger partial charge in [0.2, 0.25) is 0 Å². The molecule has 0 aliphatic heterocycles.